The average molecular weight is 327 g/mol. The first kappa shape index (κ1) is 17.5. The van der Waals surface area contributed by atoms with Crippen molar-refractivity contribution in [3.63, 3.8) is 0 Å². The van der Waals surface area contributed by atoms with E-state index >= 15 is 0 Å². The predicted molar refractivity (Wildman–Crippen MR) is 92.3 cm³/mol. The van der Waals surface area contributed by atoms with E-state index in [9.17, 15) is 9.59 Å². The quantitative estimate of drug-likeness (QED) is 0.852. The lowest BCUT2D eigenvalue weighted by Gasteiger charge is -2.21. The van der Waals surface area contributed by atoms with E-state index in [0.717, 1.165) is 16.8 Å². The van der Waals surface area contributed by atoms with Gasteiger partial charge in [-0.25, -0.2) is 4.79 Å². The van der Waals surface area contributed by atoms with Gasteiger partial charge in [0.1, 0.15) is 5.75 Å². The van der Waals surface area contributed by atoms with Gasteiger partial charge in [-0.3, -0.25) is 4.79 Å². The van der Waals surface area contributed by atoms with Crippen molar-refractivity contribution in [2.45, 2.75) is 32.8 Å². The zero-order valence-corrected chi connectivity index (χ0v) is 14.0. The molecule has 0 fully saturated rings. The maximum Gasteiger partial charge on any atom is 0.347 e. The fourth-order valence-electron chi connectivity index (χ4n) is 2.04. The number of hydrogen-bond acceptors (Lipinski definition) is 3. The third kappa shape index (κ3) is 4.84. The number of rotatable bonds is 6. The molecule has 1 amide bonds. The molecular weight excluding hydrogens is 306 g/mol. The van der Waals surface area contributed by atoms with Crippen LogP contribution in [-0.4, -0.2) is 22.6 Å². The Hall–Kier alpha value is -2.82. The van der Waals surface area contributed by atoms with E-state index in [1.807, 2.05) is 31.2 Å². The molecule has 0 aliphatic rings. The van der Waals surface area contributed by atoms with Crippen molar-refractivity contribution in [3.8, 4) is 5.75 Å². The molecule has 2 aromatic carbocycles. The summed E-state index contributed by atoms with van der Waals surface area (Å²) in [6.45, 7) is 4.96. The highest BCUT2D eigenvalue weighted by molar-refractivity contribution is 5.92. The van der Waals surface area contributed by atoms with Crippen molar-refractivity contribution >= 4 is 17.6 Å². The molecule has 0 saturated carbocycles. The van der Waals surface area contributed by atoms with Crippen molar-refractivity contribution in [3.05, 3.63) is 59.7 Å². The summed E-state index contributed by atoms with van der Waals surface area (Å²) in [5, 5.41) is 11.9. The lowest BCUT2D eigenvalue weighted by Crippen LogP contribution is -2.37. The molecule has 0 aromatic heterocycles. The highest BCUT2D eigenvalue weighted by Gasteiger charge is 2.29. The topological polar surface area (TPSA) is 75.6 Å². The average Bonchev–Trinajstić information content (AvgIpc) is 2.51. The molecule has 0 spiro atoms. The van der Waals surface area contributed by atoms with Crippen molar-refractivity contribution in [1.82, 2.24) is 0 Å². The standard InChI is InChI=1S/C19H21NO4/c1-13-4-8-15(9-5-13)20-17(21)12-14-6-10-16(11-7-14)24-19(2,3)18(22)23/h4-11H,12H2,1-3H3,(H,20,21)(H,22,23). The molecule has 2 rings (SSSR count). The lowest BCUT2D eigenvalue weighted by atomic mass is 10.1. The van der Waals surface area contributed by atoms with E-state index in [0.29, 0.717) is 5.75 Å². The number of benzene rings is 2. The van der Waals surface area contributed by atoms with Crippen LogP contribution in [0.15, 0.2) is 48.5 Å². The maximum atomic E-state index is 12.0. The number of anilines is 1. The molecule has 0 heterocycles. The van der Waals surface area contributed by atoms with Crippen molar-refractivity contribution in [2.24, 2.45) is 0 Å². The van der Waals surface area contributed by atoms with Gasteiger partial charge in [-0.2, -0.15) is 0 Å². The monoisotopic (exact) mass is 327 g/mol. The Kier molecular flexibility index (Phi) is 5.24. The Bertz CT molecular complexity index is 718. The number of aliphatic carboxylic acids is 1. The predicted octanol–water partition coefficient (Wildman–Crippen LogP) is 3.42. The Morgan fingerprint density at radius 3 is 2.17 bits per heavy atom. The molecule has 2 N–H and O–H groups in total. The molecule has 0 unspecified atom stereocenters. The Morgan fingerprint density at radius 1 is 1.04 bits per heavy atom. The van der Waals surface area contributed by atoms with Gasteiger partial charge < -0.3 is 15.2 Å². The number of amides is 1. The van der Waals surface area contributed by atoms with Crippen LogP contribution in [0, 0.1) is 6.92 Å². The number of carbonyl (C=O) groups is 2. The Labute approximate surface area is 141 Å². The summed E-state index contributed by atoms with van der Waals surface area (Å²) in [5.41, 5.74) is 1.41. The van der Waals surface area contributed by atoms with Crippen molar-refractivity contribution in [2.75, 3.05) is 5.32 Å². The first-order valence-corrected chi connectivity index (χ1v) is 7.64. The lowest BCUT2D eigenvalue weighted by molar-refractivity contribution is -0.152. The van der Waals surface area contributed by atoms with E-state index in [1.165, 1.54) is 13.8 Å². The van der Waals surface area contributed by atoms with Gasteiger partial charge in [0.05, 0.1) is 6.42 Å². The highest BCUT2D eigenvalue weighted by Crippen LogP contribution is 2.19. The van der Waals surface area contributed by atoms with E-state index in [4.69, 9.17) is 9.84 Å². The minimum absolute atomic E-state index is 0.113. The molecule has 0 aliphatic carbocycles. The Balaban J connectivity index is 1.94. The fraction of sp³-hybridized carbons (Fsp3) is 0.263. The zero-order chi connectivity index (χ0) is 17.7. The van der Waals surface area contributed by atoms with Gasteiger partial charge in [-0.05, 0) is 50.6 Å². The molecule has 126 valence electrons. The summed E-state index contributed by atoms with van der Waals surface area (Å²) in [6, 6.07) is 14.4. The van der Waals surface area contributed by atoms with Crippen LogP contribution in [0.25, 0.3) is 0 Å². The van der Waals surface area contributed by atoms with Crippen LogP contribution in [0.3, 0.4) is 0 Å². The van der Waals surface area contributed by atoms with Gasteiger partial charge in [0.25, 0.3) is 0 Å². The van der Waals surface area contributed by atoms with E-state index < -0.39 is 11.6 Å². The van der Waals surface area contributed by atoms with Gasteiger partial charge in [0.15, 0.2) is 5.60 Å². The van der Waals surface area contributed by atoms with Crippen LogP contribution in [0.5, 0.6) is 5.75 Å². The van der Waals surface area contributed by atoms with Crippen LogP contribution >= 0.6 is 0 Å². The van der Waals surface area contributed by atoms with Gasteiger partial charge in [-0.1, -0.05) is 29.8 Å². The van der Waals surface area contributed by atoms with Gasteiger partial charge in [0.2, 0.25) is 5.91 Å². The largest absolute Gasteiger partial charge is 0.478 e. The molecule has 0 radical (unpaired) electrons. The van der Waals surface area contributed by atoms with E-state index in [2.05, 4.69) is 5.32 Å². The number of carboxylic acid groups (broad SMARTS) is 1. The normalized spacial score (nSPS) is 11.0. The van der Waals surface area contributed by atoms with Crippen LogP contribution in [-0.2, 0) is 16.0 Å². The van der Waals surface area contributed by atoms with E-state index in [1.54, 1.807) is 24.3 Å². The first-order valence-electron chi connectivity index (χ1n) is 7.64. The highest BCUT2D eigenvalue weighted by atomic mass is 16.5. The third-order valence-corrected chi connectivity index (χ3v) is 3.51. The number of hydrogen-bond donors (Lipinski definition) is 2. The van der Waals surface area contributed by atoms with Gasteiger partial charge >= 0.3 is 5.97 Å². The second-order valence-corrected chi connectivity index (χ2v) is 6.15. The number of aryl methyl sites for hydroxylation is 1. The molecule has 5 nitrogen and oxygen atoms in total. The molecule has 0 aliphatic heterocycles. The number of carboxylic acids is 1. The second kappa shape index (κ2) is 7.17. The van der Waals surface area contributed by atoms with Gasteiger partial charge in [0, 0.05) is 5.69 Å². The van der Waals surface area contributed by atoms with Crippen LogP contribution < -0.4 is 10.1 Å². The summed E-state index contributed by atoms with van der Waals surface area (Å²) >= 11 is 0. The molecule has 2 aromatic rings. The number of nitrogens with one attached hydrogen (secondary N) is 1. The van der Waals surface area contributed by atoms with Crippen molar-refractivity contribution in [1.29, 1.82) is 0 Å². The summed E-state index contributed by atoms with van der Waals surface area (Å²) in [6.07, 6.45) is 0.233. The smallest absolute Gasteiger partial charge is 0.347 e. The minimum atomic E-state index is -1.30. The molecule has 5 heteroatoms. The van der Waals surface area contributed by atoms with Gasteiger partial charge in [-0.15, -0.1) is 0 Å². The molecule has 0 bridgehead atoms. The number of carbonyl (C=O) groups excluding carboxylic acids is 1. The molecule has 0 saturated heterocycles. The van der Waals surface area contributed by atoms with Crippen LogP contribution in [0.2, 0.25) is 0 Å². The fourth-order valence-corrected chi connectivity index (χ4v) is 2.04. The summed E-state index contributed by atoms with van der Waals surface area (Å²) in [5.74, 6) is -0.701. The molecule has 0 atom stereocenters. The zero-order valence-electron chi connectivity index (χ0n) is 14.0. The summed E-state index contributed by atoms with van der Waals surface area (Å²) in [4.78, 5) is 23.1. The first-order chi connectivity index (χ1) is 11.3. The second-order valence-electron chi connectivity index (χ2n) is 6.15. The summed E-state index contributed by atoms with van der Waals surface area (Å²) < 4.78 is 5.43. The third-order valence-electron chi connectivity index (χ3n) is 3.51. The maximum absolute atomic E-state index is 12.0. The van der Waals surface area contributed by atoms with Crippen LogP contribution in [0.1, 0.15) is 25.0 Å². The number of ether oxygens (including phenoxy) is 1. The molecule has 24 heavy (non-hydrogen) atoms. The Morgan fingerprint density at radius 2 is 1.62 bits per heavy atom. The van der Waals surface area contributed by atoms with E-state index in [-0.39, 0.29) is 12.3 Å². The summed E-state index contributed by atoms with van der Waals surface area (Å²) in [7, 11) is 0. The SMILES string of the molecule is Cc1ccc(NC(=O)Cc2ccc(OC(C)(C)C(=O)O)cc2)cc1. The van der Waals surface area contributed by atoms with Crippen molar-refractivity contribution < 1.29 is 19.4 Å². The molecular formula is C19H21NO4. The minimum Gasteiger partial charge on any atom is -0.478 e. The van der Waals surface area contributed by atoms with Crippen LogP contribution in [0.4, 0.5) is 5.69 Å².